The van der Waals surface area contributed by atoms with E-state index >= 15 is 0 Å². The number of aliphatic imine (C=N–C) groups is 2. The van der Waals surface area contributed by atoms with Crippen LogP contribution < -0.4 is 11.1 Å². The van der Waals surface area contributed by atoms with Gasteiger partial charge in [-0.05, 0) is 48.2 Å². The van der Waals surface area contributed by atoms with Crippen LogP contribution in [0.4, 0.5) is 0 Å². The summed E-state index contributed by atoms with van der Waals surface area (Å²) >= 11 is 1.59. The van der Waals surface area contributed by atoms with Crippen LogP contribution in [0.2, 0.25) is 0 Å². The quantitative estimate of drug-likeness (QED) is 0.191. The summed E-state index contributed by atoms with van der Waals surface area (Å²) in [5.74, 6) is 0.244. The Kier molecular flexibility index (Phi) is 14.4. The Labute approximate surface area is 259 Å². The number of amidine groups is 1. The summed E-state index contributed by atoms with van der Waals surface area (Å²) in [5.41, 5.74) is 10.6. The third kappa shape index (κ3) is 11.0. The van der Waals surface area contributed by atoms with Crippen LogP contribution >= 0.6 is 11.8 Å². The van der Waals surface area contributed by atoms with Gasteiger partial charge in [0.05, 0.1) is 38.2 Å². The topological polar surface area (TPSA) is 114 Å². The van der Waals surface area contributed by atoms with Crippen molar-refractivity contribution >= 4 is 22.6 Å². The van der Waals surface area contributed by atoms with Gasteiger partial charge < -0.3 is 19.9 Å². The molecule has 2 unspecified atom stereocenters. The predicted octanol–water partition coefficient (Wildman–Crippen LogP) is 5.29. The molecule has 0 fully saturated rings. The molecule has 3 aromatic carbocycles. The molecular formula is C34H41N5O3S. The van der Waals surface area contributed by atoms with Crippen molar-refractivity contribution in [1.29, 1.82) is 5.26 Å². The van der Waals surface area contributed by atoms with Crippen molar-refractivity contribution in [3.05, 3.63) is 96.1 Å². The number of nitriles is 1. The van der Waals surface area contributed by atoms with Crippen molar-refractivity contribution in [3.63, 3.8) is 0 Å². The van der Waals surface area contributed by atoms with E-state index in [9.17, 15) is 5.26 Å². The first-order valence-corrected chi connectivity index (χ1v) is 15.8. The lowest BCUT2D eigenvalue weighted by atomic mass is 9.92. The fourth-order valence-corrected chi connectivity index (χ4v) is 5.33. The molecule has 0 bridgehead atoms. The minimum absolute atomic E-state index is 0.396. The maximum Gasteiger partial charge on any atom is 0.185 e. The van der Waals surface area contributed by atoms with Crippen LogP contribution in [0, 0.1) is 17.2 Å². The van der Waals surface area contributed by atoms with Crippen LogP contribution in [-0.4, -0.2) is 69.8 Å². The Morgan fingerprint density at radius 1 is 0.744 bits per heavy atom. The van der Waals surface area contributed by atoms with E-state index in [2.05, 4.69) is 59.9 Å². The predicted molar refractivity (Wildman–Crippen MR) is 175 cm³/mol. The number of hydrogen-bond acceptors (Lipinski definition) is 9. The van der Waals surface area contributed by atoms with Crippen LogP contribution in [0.15, 0.2) is 94.9 Å². The first-order chi connectivity index (χ1) is 21.3. The standard InChI is InChI=1S/C34H41N5O3S/c35-17-7-19-40-21-23-42-24-22-41-20-8-18-37-33-31(25-36)32(38-34(39-33)43-26-27-9-3-1-4-10-27)30-15-13-29(14-16-30)28-11-5-2-6-12-28/h1-6,9-16,31,33,37H,7-8,17-24,26,35H2. The van der Waals surface area contributed by atoms with Crippen LogP contribution in [0.1, 0.15) is 24.0 Å². The largest absolute Gasteiger partial charge is 0.379 e. The third-order valence-corrected chi connectivity index (χ3v) is 7.70. The Hall–Kier alpha value is -3.36. The second-order valence-corrected chi connectivity index (χ2v) is 10.9. The summed E-state index contributed by atoms with van der Waals surface area (Å²) in [7, 11) is 0. The van der Waals surface area contributed by atoms with Crippen molar-refractivity contribution in [1.82, 2.24) is 5.32 Å². The number of rotatable bonds is 18. The number of nitrogens with zero attached hydrogens (tertiary/aromatic N) is 3. The first-order valence-electron chi connectivity index (χ1n) is 14.8. The van der Waals surface area contributed by atoms with E-state index in [-0.39, 0.29) is 0 Å². The third-order valence-electron chi connectivity index (χ3n) is 6.77. The number of thioether (sulfide) groups is 1. The summed E-state index contributed by atoms with van der Waals surface area (Å²) in [5, 5.41) is 14.4. The van der Waals surface area contributed by atoms with Crippen molar-refractivity contribution in [3.8, 4) is 17.2 Å². The normalized spacial score (nSPS) is 16.4. The molecule has 0 spiro atoms. The summed E-state index contributed by atoms with van der Waals surface area (Å²) in [4.78, 5) is 9.76. The van der Waals surface area contributed by atoms with Crippen molar-refractivity contribution in [2.24, 2.45) is 21.6 Å². The maximum absolute atomic E-state index is 10.2. The molecule has 0 radical (unpaired) electrons. The summed E-state index contributed by atoms with van der Waals surface area (Å²) in [6, 6.07) is 31.3. The maximum atomic E-state index is 10.2. The minimum Gasteiger partial charge on any atom is -0.379 e. The van der Waals surface area contributed by atoms with Gasteiger partial charge >= 0.3 is 0 Å². The number of benzene rings is 3. The molecule has 1 aliphatic heterocycles. The number of nitrogens with two attached hydrogens (primary N) is 1. The van der Waals surface area contributed by atoms with Crippen LogP contribution in [-0.2, 0) is 20.0 Å². The van der Waals surface area contributed by atoms with Gasteiger partial charge in [0.1, 0.15) is 12.1 Å². The molecule has 2 atom stereocenters. The van der Waals surface area contributed by atoms with E-state index in [0.717, 1.165) is 41.0 Å². The highest BCUT2D eigenvalue weighted by Gasteiger charge is 2.31. The van der Waals surface area contributed by atoms with Crippen LogP contribution in [0.25, 0.3) is 11.1 Å². The number of ether oxygens (including phenoxy) is 3. The molecule has 43 heavy (non-hydrogen) atoms. The molecule has 1 heterocycles. The molecular weight excluding hydrogens is 558 g/mol. The lowest BCUT2D eigenvalue weighted by molar-refractivity contribution is 0.0140. The highest BCUT2D eigenvalue weighted by Crippen LogP contribution is 2.26. The fourth-order valence-electron chi connectivity index (χ4n) is 4.49. The van der Waals surface area contributed by atoms with Crippen LogP contribution in [0.5, 0.6) is 0 Å². The molecule has 1 aliphatic rings. The van der Waals surface area contributed by atoms with Gasteiger partial charge in [-0.1, -0.05) is 96.7 Å². The van der Waals surface area contributed by atoms with Gasteiger partial charge in [-0.25, -0.2) is 9.98 Å². The molecule has 8 nitrogen and oxygen atoms in total. The van der Waals surface area contributed by atoms with Gasteiger partial charge in [-0.2, -0.15) is 5.26 Å². The van der Waals surface area contributed by atoms with Gasteiger partial charge in [0.25, 0.3) is 0 Å². The van der Waals surface area contributed by atoms with E-state index in [1.165, 1.54) is 5.56 Å². The summed E-state index contributed by atoms with van der Waals surface area (Å²) in [6.45, 7) is 4.74. The van der Waals surface area contributed by atoms with E-state index in [1.807, 2.05) is 36.4 Å². The molecule has 4 rings (SSSR count). The molecule has 0 aromatic heterocycles. The smallest absolute Gasteiger partial charge is 0.185 e. The Balaban J connectivity index is 1.32. The zero-order chi connectivity index (χ0) is 30.0. The zero-order valence-corrected chi connectivity index (χ0v) is 25.4. The molecule has 0 aliphatic carbocycles. The summed E-state index contributed by atoms with van der Waals surface area (Å²) in [6.07, 6.45) is 1.26. The average molecular weight is 600 g/mol. The van der Waals surface area contributed by atoms with Gasteiger partial charge in [0, 0.05) is 19.0 Å². The Bertz CT molecular complexity index is 1310. The van der Waals surface area contributed by atoms with E-state index in [1.54, 1.807) is 11.8 Å². The SMILES string of the molecule is N#CC1C(c2ccc(-c3ccccc3)cc2)=NC(SCc2ccccc2)=NC1NCCCOCCOCCOCCCN. The molecule has 3 N–H and O–H groups in total. The second kappa shape index (κ2) is 19.0. The highest BCUT2D eigenvalue weighted by atomic mass is 32.2. The Morgan fingerprint density at radius 3 is 1.98 bits per heavy atom. The van der Waals surface area contributed by atoms with Crippen LogP contribution in [0.3, 0.4) is 0 Å². The highest BCUT2D eigenvalue weighted by molar-refractivity contribution is 8.13. The van der Waals surface area contributed by atoms with Gasteiger partial charge in [-0.3, -0.25) is 5.32 Å². The van der Waals surface area contributed by atoms with Crippen molar-refractivity contribution < 1.29 is 14.2 Å². The van der Waals surface area contributed by atoms with Gasteiger partial charge in [0.2, 0.25) is 0 Å². The van der Waals surface area contributed by atoms with Gasteiger partial charge in [0.15, 0.2) is 5.17 Å². The molecule has 0 saturated heterocycles. The first kappa shape index (κ1) is 32.6. The van der Waals surface area contributed by atoms with E-state index in [4.69, 9.17) is 29.9 Å². The molecule has 9 heteroatoms. The minimum atomic E-state index is -0.509. The van der Waals surface area contributed by atoms with Crippen molar-refractivity contribution in [2.75, 3.05) is 52.7 Å². The molecule has 0 saturated carbocycles. The lowest BCUT2D eigenvalue weighted by Crippen LogP contribution is -2.42. The lowest BCUT2D eigenvalue weighted by Gasteiger charge is -2.26. The Morgan fingerprint density at radius 2 is 1.33 bits per heavy atom. The zero-order valence-electron chi connectivity index (χ0n) is 24.6. The van der Waals surface area contributed by atoms with E-state index in [0.29, 0.717) is 57.9 Å². The fraction of sp³-hybridized carbons (Fsp3) is 0.382. The molecule has 226 valence electrons. The number of nitrogens with one attached hydrogen (secondary N) is 1. The van der Waals surface area contributed by atoms with Crippen molar-refractivity contribution in [2.45, 2.75) is 24.8 Å². The van der Waals surface area contributed by atoms with Gasteiger partial charge in [-0.15, -0.1) is 0 Å². The summed E-state index contributed by atoms with van der Waals surface area (Å²) < 4.78 is 16.7. The molecule has 3 aromatic rings. The average Bonchev–Trinajstić information content (AvgIpc) is 3.06. The number of hydrogen-bond donors (Lipinski definition) is 2. The van der Waals surface area contributed by atoms with E-state index < -0.39 is 12.1 Å². The molecule has 0 amide bonds. The second-order valence-electron chi connectivity index (χ2n) is 9.96. The monoisotopic (exact) mass is 599 g/mol.